The van der Waals surface area contributed by atoms with E-state index in [0.717, 1.165) is 0 Å². The van der Waals surface area contributed by atoms with Crippen molar-refractivity contribution in [1.82, 2.24) is 0 Å². The molecule has 1 nitrogen and oxygen atoms in total. The van der Waals surface area contributed by atoms with Gasteiger partial charge in [-0.3, -0.25) is 0 Å². The van der Waals surface area contributed by atoms with Crippen LogP contribution in [0.5, 0.6) is 0 Å². The van der Waals surface area contributed by atoms with Gasteiger partial charge in [-0.25, -0.2) is 0 Å². The molecule has 1 aliphatic rings. The first-order valence-electron chi connectivity index (χ1n) is 7.39. The number of rotatable bonds is 4. The highest BCUT2D eigenvalue weighted by Gasteiger charge is 2.40. The summed E-state index contributed by atoms with van der Waals surface area (Å²) in [7, 11) is -1.33. The van der Waals surface area contributed by atoms with Crippen LogP contribution in [0.3, 0.4) is 0 Å². The Hall–Kier alpha value is -1.04. The molecule has 1 heterocycles. The summed E-state index contributed by atoms with van der Waals surface area (Å²) < 4.78 is 5.76. The van der Waals surface area contributed by atoms with Gasteiger partial charge in [-0.05, 0) is 36.2 Å². The molecule has 0 bridgehead atoms. The highest BCUT2D eigenvalue weighted by atomic mass is 28.3. The number of hydrogen-bond acceptors (Lipinski definition) is 1. The van der Waals surface area contributed by atoms with Crippen LogP contribution in [-0.2, 0) is 4.74 Å². The van der Waals surface area contributed by atoms with Gasteiger partial charge in [0.15, 0.2) is 0 Å². The molecular formula is C17H24OSi. The number of epoxide rings is 1. The van der Waals surface area contributed by atoms with Crippen molar-refractivity contribution < 1.29 is 4.74 Å². The molecular weight excluding hydrogens is 248 g/mol. The molecule has 0 aliphatic carbocycles. The standard InChI is InChI=1S/C17H24OSi/c1-5-19(6-2,7-3)13-12-16-17(18-16)15-11-9-8-10-14(15)4/h8-11,16-17H,5-7H2,1-4H3/t16-,17+/m0/s1. The van der Waals surface area contributed by atoms with Gasteiger partial charge < -0.3 is 4.74 Å². The van der Waals surface area contributed by atoms with Crippen LogP contribution < -0.4 is 0 Å². The lowest BCUT2D eigenvalue weighted by Crippen LogP contribution is -2.29. The number of benzene rings is 1. The minimum absolute atomic E-state index is 0.137. The van der Waals surface area contributed by atoms with E-state index < -0.39 is 8.07 Å². The largest absolute Gasteiger partial charge is 0.351 e. The summed E-state index contributed by atoms with van der Waals surface area (Å²) in [6.45, 7) is 9.02. The molecule has 0 aromatic heterocycles. The topological polar surface area (TPSA) is 12.5 Å². The first kappa shape index (κ1) is 14.4. The molecule has 2 heteroatoms. The number of aryl methyl sites for hydroxylation is 1. The molecule has 1 saturated heterocycles. The van der Waals surface area contributed by atoms with Gasteiger partial charge >= 0.3 is 0 Å². The lowest BCUT2D eigenvalue weighted by Gasteiger charge is -2.19. The average molecular weight is 272 g/mol. The Morgan fingerprint density at radius 2 is 1.74 bits per heavy atom. The minimum atomic E-state index is -1.33. The van der Waals surface area contributed by atoms with E-state index >= 15 is 0 Å². The van der Waals surface area contributed by atoms with Gasteiger partial charge in [0.1, 0.15) is 20.3 Å². The Morgan fingerprint density at radius 1 is 1.11 bits per heavy atom. The van der Waals surface area contributed by atoms with Gasteiger partial charge in [0.25, 0.3) is 0 Å². The summed E-state index contributed by atoms with van der Waals surface area (Å²) in [6.07, 6.45) is 0.351. The summed E-state index contributed by atoms with van der Waals surface area (Å²) in [6, 6.07) is 12.2. The monoisotopic (exact) mass is 272 g/mol. The van der Waals surface area contributed by atoms with E-state index in [0.29, 0.717) is 0 Å². The lowest BCUT2D eigenvalue weighted by molar-refractivity contribution is 0.396. The molecule has 0 saturated carbocycles. The fourth-order valence-electron chi connectivity index (χ4n) is 2.60. The third-order valence-electron chi connectivity index (χ3n) is 4.50. The maximum atomic E-state index is 5.76. The third kappa shape index (κ3) is 3.10. The molecule has 1 fully saturated rings. The first-order chi connectivity index (χ1) is 9.15. The van der Waals surface area contributed by atoms with Gasteiger partial charge in [-0.2, -0.15) is 0 Å². The summed E-state index contributed by atoms with van der Waals surface area (Å²) in [5.74, 6) is 3.42. The van der Waals surface area contributed by atoms with E-state index in [1.807, 2.05) is 0 Å². The third-order valence-corrected chi connectivity index (χ3v) is 9.23. The average Bonchev–Trinajstić information content (AvgIpc) is 3.21. The Morgan fingerprint density at radius 3 is 2.32 bits per heavy atom. The quantitative estimate of drug-likeness (QED) is 0.447. The summed E-state index contributed by atoms with van der Waals surface area (Å²) >= 11 is 0. The predicted octanol–water partition coefficient (Wildman–Crippen LogP) is 4.49. The SMILES string of the molecule is CC[Si](C#C[C@@H]1O[C@@H]1c1ccccc1C)(CC)CC. The maximum absolute atomic E-state index is 5.76. The van der Waals surface area contributed by atoms with Crippen LogP contribution in [0.4, 0.5) is 0 Å². The Balaban J connectivity index is 2.07. The Kier molecular flexibility index (Phi) is 4.49. The Bertz CT molecular complexity index is 485. The van der Waals surface area contributed by atoms with Crippen LogP contribution in [0.15, 0.2) is 24.3 Å². The molecule has 0 spiro atoms. The first-order valence-corrected chi connectivity index (χ1v) is 10.0. The summed E-state index contributed by atoms with van der Waals surface area (Å²) in [5.41, 5.74) is 6.24. The van der Waals surface area contributed by atoms with Crippen LogP contribution in [0, 0.1) is 18.4 Å². The van der Waals surface area contributed by atoms with E-state index in [1.54, 1.807) is 0 Å². The number of hydrogen-bond donors (Lipinski definition) is 0. The van der Waals surface area contributed by atoms with Gasteiger partial charge in [0, 0.05) is 0 Å². The van der Waals surface area contributed by atoms with Crippen molar-refractivity contribution in [3.8, 4) is 11.5 Å². The maximum Gasteiger partial charge on any atom is 0.148 e. The van der Waals surface area contributed by atoms with Gasteiger partial charge in [0.05, 0.1) is 0 Å². The van der Waals surface area contributed by atoms with Gasteiger partial charge in [-0.1, -0.05) is 51.0 Å². The molecule has 102 valence electrons. The molecule has 2 atom stereocenters. The second-order valence-electron chi connectivity index (χ2n) is 5.44. The van der Waals surface area contributed by atoms with Crippen LogP contribution in [0.2, 0.25) is 18.1 Å². The zero-order valence-corrected chi connectivity index (χ0v) is 13.5. The van der Waals surface area contributed by atoms with Crippen LogP contribution in [0.1, 0.15) is 38.0 Å². The highest BCUT2D eigenvalue weighted by molar-refractivity contribution is 6.87. The minimum Gasteiger partial charge on any atom is -0.351 e. The molecule has 0 unspecified atom stereocenters. The van der Waals surface area contributed by atoms with Crippen molar-refractivity contribution in [2.75, 3.05) is 0 Å². The van der Waals surface area contributed by atoms with Crippen molar-refractivity contribution in [3.63, 3.8) is 0 Å². The van der Waals surface area contributed by atoms with Crippen molar-refractivity contribution >= 4 is 8.07 Å². The lowest BCUT2D eigenvalue weighted by atomic mass is 10.0. The zero-order valence-electron chi connectivity index (χ0n) is 12.5. The van der Waals surface area contributed by atoms with E-state index in [-0.39, 0.29) is 12.2 Å². The smallest absolute Gasteiger partial charge is 0.148 e. The fourth-order valence-corrected chi connectivity index (χ4v) is 5.08. The predicted molar refractivity (Wildman–Crippen MR) is 83.8 cm³/mol. The van der Waals surface area contributed by atoms with E-state index in [1.165, 1.54) is 29.3 Å². The normalized spacial score (nSPS) is 21.7. The van der Waals surface area contributed by atoms with Crippen LogP contribution >= 0.6 is 0 Å². The van der Waals surface area contributed by atoms with Crippen LogP contribution in [-0.4, -0.2) is 14.2 Å². The molecule has 0 N–H and O–H groups in total. The van der Waals surface area contributed by atoms with Crippen molar-refractivity contribution in [3.05, 3.63) is 35.4 Å². The molecule has 1 aromatic carbocycles. The summed E-state index contributed by atoms with van der Waals surface area (Å²) in [4.78, 5) is 0. The molecule has 0 radical (unpaired) electrons. The molecule has 19 heavy (non-hydrogen) atoms. The van der Waals surface area contributed by atoms with Crippen molar-refractivity contribution in [2.45, 2.75) is 58.0 Å². The van der Waals surface area contributed by atoms with Crippen molar-refractivity contribution in [1.29, 1.82) is 0 Å². The van der Waals surface area contributed by atoms with Crippen molar-refractivity contribution in [2.24, 2.45) is 0 Å². The summed E-state index contributed by atoms with van der Waals surface area (Å²) in [5, 5.41) is 0. The highest BCUT2D eigenvalue weighted by Crippen LogP contribution is 2.39. The fraction of sp³-hybridized carbons (Fsp3) is 0.529. The molecule has 1 aromatic rings. The molecule has 1 aliphatic heterocycles. The van der Waals surface area contributed by atoms with Gasteiger partial charge in [-0.15, -0.1) is 5.54 Å². The molecule has 0 amide bonds. The second-order valence-corrected chi connectivity index (χ2v) is 10.4. The Labute approximate surface area is 118 Å². The van der Waals surface area contributed by atoms with E-state index in [4.69, 9.17) is 4.74 Å². The van der Waals surface area contributed by atoms with Gasteiger partial charge in [0.2, 0.25) is 0 Å². The molecule has 2 rings (SSSR count). The second kappa shape index (κ2) is 5.94. The number of ether oxygens (including phenoxy) is 1. The van der Waals surface area contributed by atoms with E-state index in [9.17, 15) is 0 Å². The zero-order chi connectivity index (χ0) is 13.9. The van der Waals surface area contributed by atoms with E-state index in [2.05, 4.69) is 63.4 Å². The van der Waals surface area contributed by atoms with Crippen LogP contribution in [0.25, 0.3) is 0 Å².